The van der Waals surface area contributed by atoms with Gasteiger partial charge in [-0.05, 0) is 19.5 Å². The molecule has 22 heavy (non-hydrogen) atoms. The molecule has 9 heteroatoms. The molecule has 7 nitrogen and oxygen atoms in total. The van der Waals surface area contributed by atoms with Gasteiger partial charge in [-0.1, -0.05) is 6.92 Å². The summed E-state index contributed by atoms with van der Waals surface area (Å²) in [5.41, 5.74) is 0. The molecule has 0 spiro atoms. The quantitative estimate of drug-likeness (QED) is 0.666. The van der Waals surface area contributed by atoms with E-state index in [0.717, 1.165) is 13.1 Å². The van der Waals surface area contributed by atoms with E-state index < -0.39 is 6.04 Å². The number of amides is 2. The first-order chi connectivity index (χ1) is 9.56. The number of halogens is 2. The fourth-order valence-electron chi connectivity index (χ4n) is 1.76. The molecule has 1 aromatic rings. The number of aromatic nitrogens is 2. The lowest BCUT2D eigenvalue weighted by atomic mass is 10.3. The normalized spacial score (nSPS) is 10.9. The standard InChI is InChI=1S/C13H23N5O2.2ClH/c1-4-14-7-8-15-12(19)10-17(3)13(20)11(2)18-9-5-6-16-18;;/h5-6,9,11,14H,4,7-8,10H2,1-3H3,(H,15,19);2*1H. The third-order valence-corrected chi connectivity index (χ3v) is 2.91. The van der Waals surface area contributed by atoms with Crippen LogP contribution in [0.5, 0.6) is 0 Å². The van der Waals surface area contributed by atoms with Crippen LogP contribution >= 0.6 is 24.8 Å². The number of nitrogens with zero attached hydrogens (tertiary/aromatic N) is 3. The summed E-state index contributed by atoms with van der Waals surface area (Å²) < 4.78 is 1.57. The highest BCUT2D eigenvalue weighted by Gasteiger charge is 2.20. The number of carbonyl (C=O) groups excluding carboxylic acids is 2. The molecule has 0 radical (unpaired) electrons. The Hall–Kier alpha value is -1.31. The maximum atomic E-state index is 12.1. The van der Waals surface area contributed by atoms with Gasteiger partial charge in [0.2, 0.25) is 11.8 Å². The Bertz CT molecular complexity index is 428. The van der Waals surface area contributed by atoms with Crippen molar-refractivity contribution in [1.82, 2.24) is 25.3 Å². The van der Waals surface area contributed by atoms with Crippen molar-refractivity contribution in [2.45, 2.75) is 19.9 Å². The van der Waals surface area contributed by atoms with Crippen LogP contribution in [0.1, 0.15) is 19.9 Å². The maximum Gasteiger partial charge on any atom is 0.247 e. The Balaban J connectivity index is 0. The SMILES string of the molecule is CCNCCNC(=O)CN(C)C(=O)C(C)n1cccn1.Cl.Cl. The number of hydrogen-bond acceptors (Lipinski definition) is 4. The second kappa shape index (κ2) is 12.3. The van der Waals surface area contributed by atoms with E-state index in [1.54, 1.807) is 37.1 Å². The molecule has 0 saturated carbocycles. The van der Waals surface area contributed by atoms with Crippen LogP contribution in [0, 0.1) is 0 Å². The third-order valence-electron chi connectivity index (χ3n) is 2.91. The fourth-order valence-corrected chi connectivity index (χ4v) is 1.76. The van der Waals surface area contributed by atoms with Crippen molar-refractivity contribution in [2.24, 2.45) is 0 Å². The lowest BCUT2D eigenvalue weighted by Crippen LogP contribution is -2.42. The van der Waals surface area contributed by atoms with E-state index in [4.69, 9.17) is 0 Å². The zero-order valence-corrected chi connectivity index (χ0v) is 14.7. The van der Waals surface area contributed by atoms with Gasteiger partial charge in [0.25, 0.3) is 0 Å². The number of hydrogen-bond donors (Lipinski definition) is 2. The average Bonchev–Trinajstić information content (AvgIpc) is 2.96. The first-order valence-corrected chi connectivity index (χ1v) is 6.77. The molecule has 1 aromatic heterocycles. The van der Waals surface area contributed by atoms with Gasteiger partial charge in [0.1, 0.15) is 6.04 Å². The monoisotopic (exact) mass is 353 g/mol. The van der Waals surface area contributed by atoms with Crippen LogP contribution in [-0.2, 0) is 9.59 Å². The van der Waals surface area contributed by atoms with E-state index in [2.05, 4.69) is 15.7 Å². The van der Waals surface area contributed by atoms with Crippen LogP contribution in [-0.4, -0.2) is 59.7 Å². The molecular weight excluding hydrogens is 329 g/mol. The van der Waals surface area contributed by atoms with E-state index in [-0.39, 0.29) is 43.2 Å². The molecule has 0 bridgehead atoms. The highest BCUT2D eigenvalue weighted by Crippen LogP contribution is 2.06. The lowest BCUT2D eigenvalue weighted by molar-refractivity contribution is -0.137. The molecule has 0 aromatic carbocycles. The van der Waals surface area contributed by atoms with Crippen molar-refractivity contribution >= 4 is 36.6 Å². The Morgan fingerprint density at radius 2 is 2.00 bits per heavy atom. The van der Waals surface area contributed by atoms with Crippen LogP contribution in [0.2, 0.25) is 0 Å². The fraction of sp³-hybridized carbons (Fsp3) is 0.615. The van der Waals surface area contributed by atoms with E-state index in [1.165, 1.54) is 4.90 Å². The van der Waals surface area contributed by atoms with Gasteiger partial charge >= 0.3 is 0 Å². The van der Waals surface area contributed by atoms with E-state index in [0.29, 0.717) is 6.54 Å². The molecule has 0 saturated heterocycles. The Labute approximate surface area is 143 Å². The van der Waals surface area contributed by atoms with Gasteiger partial charge in [-0.15, -0.1) is 24.8 Å². The summed E-state index contributed by atoms with van der Waals surface area (Å²) >= 11 is 0. The van der Waals surface area contributed by atoms with Crippen molar-refractivity contribution in [3.63, 3.8) is 0 Å². The molecule has 0 aliphatic heterocycles. The van der Waals surface area contributed by atoms with Gasteiger partial charge in [-0.25, -0.2) is 0 Å². The van der Waals surface area contributed by atoms with E-state index >= 15 is 0 Å². The molecule has 1 unspecified atom stereocenters. The van der Waals surface area contributed by atoms with Gasteiger partial charge < -0.3 is 15.5 Å². The minimum absolute atomic E-state index is 0. The molecule has 128 valence electrons. The largest absolute Gasteiger partial charge is 0.353 e. The van der Waals surface area contributed by atoms with E-state index in [1.807, 2.05) is 6.92 Å². The second-order valence-electron chi connectivity index (χ2n) is 4.56. The number of nitrogens with one attached hydrogen (secondary N) is 2. The summed E-state index contributed by atoms with van der Waals surface area (Å²) in [6.07, 6.45) is 3.35. The highest BCUT2D eigenvalue weighted by molar-refractivity contribution is 5.86. The third kappa shape index (κ3) is 7.63. The second-order valence-corrected chi connectivity index (χ2v) is 4.56. The van der Waals surface area contributed by atoms with Crippen LogP contribution in [0.15, 0.2) is 18.5 Å². The van der Waals surface area contributed by atoms with E-state index in [9.17, 15) is 9.59 Å². The molecular formula is C13H25Cl2N5O2. The Morgan fingerprint density at radius 3 is 2.55 bits per heavy atom. The highest BCUT2D eigenvalue weighted by atomic mass is 35.5. The molecule has 1 atom stereocenters. The molecule has 0 aliphatic rings. The average molecular weight is 354 g/mol. The van der Waals surface area contributed by atoms with Gasteiger partial charge in [-0.2, -0.15) is 5.10 Å². The summed E-state index contributed by atoms with van der Waals surface area (Å²) in [6.45, 7) is 5.97. The van der Waals surface area contributed by atoms with Crippen molar-refractivity contribution in [3.05, 3.63) is 18.5 Å². The zero-order chi connectivity index (χ0) is 15.0. The predicted molar refractivity (Wildman–Crippen MR) is 90.6 cm³/mol. The zero-order valence-electron chi connectivity index (χ0n) is 13.1. The summed E-state index contributed by atoms with van der Waals surface area (Å²) in [7, 11) is 1.62. The molecule has 1 heterocycles. The van der Waals surface area contributed by atoms with Crippen molar-refractivity contribution < 1.29 is 9.59 Å². The first-order valence-electron chi connectivity index (χ1n) is 6.77. The molecule has 2 amide bonds. The van der Waals surface area contributed by atoms with Crippen LogP contribution in [0.3, 0.4) is 0 Å². The lowest BCUT2D eigenvalue weighted by Gasteiger charge is -2.21. The molecule has 0 aliphatic carbocycles. The summed E-state index contributed by atoms with van der Waals surface area (Å²) in [5.74, 6) is -0.304. The first kappa shape index (κ1) is 23.0. The van der Waals surface area contributed by atoms with Gasteiger partial charge in [0.05, 0.1) is 6.54 Å². The molecule has 0 fully saturated rings. The van der Waals surface area contributed by atoms with Crippen molar-refractivity contribution in [2.75, 3.05) is 33.2 Å². The van der Waals surface area contributed by atoms with Crippen LogP contribution in [0.25, 0.3) is 0 Å². The van der Waals surface area contributed by atoms with Gasteiger partial charge in [0.15, 0.2) is 0 Å². The van der Waals surface area contributed by atoms with Crippen molar-refractivity contribution in [1.29, 1.82) is 0 Å². The predicted octanol–water partition coefficient (Wildman–Crippen LogP) is 0.472. The van der Waals surface area contributed by atoms with Crippen molar-refractivity contribution in [3.8, 4) is 0 Å². The Morgan fingerprint density at radius 1 is 1.32 bits per heavy atom. The van der Waals surface area contributed by atoms with Gasteiger partial charge in [-0.3, -0.25) is 14.3 Å². The number of likely N-dealkylation sites (N-methyl/N-ethyl adjacent to an activating group) is 2. The molecule has 1 rings (SSSR count). The summed E-state index contributed by atoms with van der Waals surface area (Å²) in [6, 6.07) is 1.35. The maximum absolute atomic E-state index is 12.1. The Kier molecular flexibility index (Phi) is 12.8. The minimum atomic E-state index is -0.412. The topological polar surface area (TPSA) is 79.3 Å². The summed E-state index contributed by atoms with van der Waals surface area (Å²) in [5, 5.41) is 9.90. The summed E-state index contributed by atoms with van der Waals surface area (Å²) in [4.78, 5) is 25.2. The van der Waals surface area contributed by atoms with Crippen LogP contribution < -0.4 is 10.6 Å². The smallest absolute Gasteiger partial charge is 0.247 e. The molecule has 2 N–H and O–H groups in total. The number of rotatable bonds is 8. The van der Waals surface area contributed by atoms with Gasteiger partial charge in [0, 0.05) is 32.5 Å². The number of carbonyl (C=O) groups is 2. The minimum Gasteiger partial charge on any atom is -0.353 e. The van der Waals surface area contributed by atoms with Crippen LogP contribution in [0.4, 0.5) is 0 Å².